The highest BCUT2D eigenvalue weighted by Crippen LogP contribution is 2.32. The summed E-state index contributed by atoms with van der Waals surface area (Å²) in [5, 5.41) is 0. The molecule has 1 aromatic carbocycles. The number of aromatic nitrogens is 2. The van der Waals surface area contributed by atoms with E-state index in [-0.39, 0.29) is 0 Å². The smallest absolute Gasteiger partial charge is 0.150 e. The Morgan fingerprint density at radius 1 is 1.25 bits per heavy atom. The van der Waals surface area contributed by atoms with Gasteiger partial charge in [-0.1, -0.05) is 15.9 Å². The second kappa shape index (κ2) is 4.49. The van der Waals surface area contributed by atoms with Gasteiger partial charge in [-0.3, -0.25) is 4.98 Å². The fourth-order valence-corrected chi connectivity index (χ4v) is 1.80. The van der Waals surface area contributed by atoms with Crippen LogP contribution in [-0.2, 0) is 0 Å². The molecule has 2 aromatic rings. The van der Waals surface area contributed by atoms with E-state index in [1.54, 1.807) is 19.5 Å². The zero-order chi connectivity index (χ0) is 11.5. The molecule has 82 valence electrons. The van der Waals surface area contributed by atoms with E-state index in [1.807, 2.05) is 18.2 Å². The lowest BCUT2D eigenvalue weighted by Gasteiger charge is -2.07. The molecule has 0 unspecified atom stereocenters. The van der Waals surface area contributed by atoms with Crippen molar-refractivity contribution < 1.29 is 4.74 Å². The molecule has 5 heteroatoms. The molecule has 0 aliphatic carbocycles. The van der Waals surface area contributed by atoms with E-state index in [0.717, 1.165) is 15.8 Å². The van der Waals surface area contributed by atoms with Crippen molar-refractivity contribution in [2.45, 2.75) is 0 Å². The maximum absolute atomic E-state index is 5.78. The van der Waals surface area contributed by atoms with Gasteiger partial charge in [0.15, 0.2) is 0 Å². The van der Waals surface area contributed by atoms with Crippen molar-refractivity contribution in [3.05, 3.63) is 35.1 Å². The zero-order valence-electron chi connectivity index (χ0n) is 8.64. The largest absolute Gasteiger partial charge is 0.497 e. The van der Waals surface area contributed by atoms with Gasteiger partial charge in [-0.2, -0.15) is 0 Å². The molecule has 0 aliphatic rings. The monoisotopic (exact) mass is 279 g/mol. The molecule has 16 heavy (non-hydrogen) atoms. The topological polar surface area (TPSA) is 61.0 Å². The molecule has 0 atom stereocenters. The van der Waals surface area contributed by atoms with Crippen molar-refractivity contribution in [3.8, 4) is 17.0 Å². The maximum Gasteiger partial charge on any atom is 0.150 e. The lowest BCUT2D eigenvalue weighted by molar-refractivity contribution is 0.415. The van der Waals surface area contributed by atoms with Crippen LogP contribution in [0.25, 0.3) is 11.3 Å². The van der Waals surface area contributed by atoms with Gasteiger partial charge >= 0.3 is 0 Å². The van der Waals surface area contributed by atoms with Gasteiger partial charge in [0.1, 0.15) is 17.3 Å². The van der Waals surface area contributed by atoms with Crippen molar-refractivity contribution in [2.75, 3.05) is 12.8 Å². The molecule has 0 radical (unpaired) electrons. The molecule has 2 N–H and O–H groups in total. The minimum absolute atomic E-state index is 0.399. The molecule has 1 aromatic heterocycles. The molecule has 0 amide bonds. The molecule has 4 nitrogen and oxygen atoms in total. The van der Waals surface area contributed by atoms with Crippen LogP contribution in [0, 0.1) is 0 Å². The third-order valence-electron chi connectivity index (χ3n) is 2.16. The van der Waals surface area contributed by atoms with Gasteiger partial charge in [0.2, 0.25) is 0 Å². The molecular formula is C11H10BrN3O. The number of ether oxygens (including phenoxy) is 1. The fraction of sp³-hybridized carbons (Fsp3) is 0.0909. The van der Waals surface area contributed by atoms with Crippen molar-refractivity contribution in [3.63, 3.8) is 0 Å². The highest BCUT2D eigenvalue weighted by atomic mass is 79.9. The number of halogens is 1. The Morgan fingerprint density at radius 2 is 2.00 bits per heavy atom. The van der Waals surface area contributed by atoms with Crippen LogP contribution in [0.1, 0.15) is 0 Å². The SMILES string of the molecule is COc1ccc(Br)c(-c2nccnc2N)c1. The first-order valence-corrected chi connectivity index (χ1v) is 5.42. The Labute approximate surface area is 102 Å². The summed E-state index contributed by atoms with van der Waals surface area (Å²) >= 11 is 3.45. The normalized spacial score (nSPS) is 10.1. The molecule has 0 bridgehead atoms. The van der Waals surface area contributed by atoms with E-state index in [2.05, 4.69) is 25.9 Å². The quantitative estimate of drug-likeness (QED) is 0.918. The second-order valence-electron chi connectivity index (χ2n) is 3.14. The lowest BCUT2D eigenvalue weighted by Crippen LogP contribution is -1.97. The maximum atomic E-state index is 5.78. The predicted octanol–water partition coefficient (Wildman–Crippen LogP) is 2.50. The number of nitrogen functional groups attached to an aromatic ring is 1. The fourth-order valence-electron chi connectivity index (χ4n) is 1.37. The number of rotatable bonds is 2. The van der Waals surface area contributed by atoms with Gasteiger partial charge in [0, 0.05) is 22.4 Å². The highest BCUT2D eigenvalue weighted by Gasteiger charge is 2.09. The van der Waals surface area contributed by atoms with Crippen LogP contribution in [0.3, 0.4) is 0 Å². The van der Waals surface area contributed by atoms with Crippen molar-refractivity contribution in [2.24, 2.45) is 0 Å². The summed E-state index contributed by atoms with van der Waals surface area (Å²) in [5.74, 6) is 1.15. The summed E-state index contributed by atoms with van der Waals surface area (Å²) in [4.78, 5) is 8.22. The standard InChI is InChI=1S/C11H10BrN3O/c1-16-7-2-3-9(12)8(6-7)10-11(13)15-5-4-14-10/h2-6H,1H3,(H2,13,15). The average Bonchev–Trinajstić information content (AvgIpc) is 2.31. The van der Waals surface area contributed by atoms with Crippen LogP contribution in [-0.4, -0.2) is 17.1 Å². The Hall–Kier alpha value is -1.62. The summed E-state index contributed by atoms with van der Waals surface area (Å²) in [6.45, 7) is 0. The van der Waals surface area contributed by atoms with Crippen molar-refractivity contribution in [1.29, 1.82) is 0 Å². The summed E-state index contributed by atoms with van der Waals surface area (Å²) in [6, 6.07) is 5.62. The number of anilines is 1. The van der Waals surface area contributed by atoms with Crippen LogP contribution >= 0.6 is 15.9 Å². The average molecular weight is 280 g/mol. The van der Waals surface area contributed by atoms with E-state index in [1.165, 1.54) is 0 Å². The first-order valence-electron chi connectivity index (χ1n) is 4.63. The van der Waals surface area contributed by atoms with E-state index in [4.69, 9.17) is 10.5 Å². The third kappa shape index (κ3) is 1.99. The van der Waals surface area contributed by atoms with E-state index >= 15 is 0 Å². The van der Waals surface area contributed by atoms with E-state index < -0.39 is 0 Å². The predicted molar refractivity (Wildman–Crippen MR) is 66.1 cm³/mol. The molecule has 1 heterocycles. The van der Waals surface area contributed by atoms with Crippen molar-refractivity contribution in [1.82, 2.24) is 9.97 Å². The van der Waals surface area contributed by atoms with Crippen LogP contribution < -0.4 is 10.5 Å². The van der Waals surface area contributed by atoms with Crippen LogP contribution in [0.2, 0.25) is 0 Å². The lowest BCUT2D eigenvalue weighted by atomic mass is 10.1. The van der Waals surface area contributed by atoms with E-state index in [0.29, 0.717) is 11.5 Å². The Bertz CT molecular complexity index is 516. The Kier molecular flexibility index (Phi) is 3.05. The highest BCUT2D eigenvalue weighted by molar-refractivity contribution is 9.10. The first kappa shape index (κ1) is 10.9. The molecule has 2 rings (SSSR count). The van der Waals surface area contributed by atoms with Crippen LogP contribution in [0.15, 0.2) is 35.1 Å². The number of benzene rings is 1. The number of hydrogen-bond donors (Lipinski definition) is 1. The molecular weight excluding hydrogens is 270 g/mol. The van der Waals surface area contributed by atoms with Gasteiger partial charge in [-0.05, 0) is 18.2 Å². The molecule has 0 aliphatic heterocycles. The summed E-state index contributed by atoms with van der Waals surface area (Å²) in [5.41, 5.74) is 7.29. The second-order valence-corrected chi connectivity index (χ2v) is 3.99. The number of hydrogen-bond acceptors (Lipinski definition) is 4. The van der Waals surface area contributed by atoms with Gasteiger partial charge in [0.05, 0.1) is 7.11 Å². The van der Waals surface area contributed by atoms with E-state index in [9.17, 15) is 0 Å². The Balaban J connectivity index is 2.59. The molecule has 0 saturated carbocycles. The van der Waals surface area contributed by atoms with Gasteiger partial charge in [-0.15, -0.1) is 0 Å². The summed E-state index contributed by atoms with van der Waals surface area (Å²) in [7, 11) is 1.62. The molecule has 0 spiro atoms. The zero-order valence-corrected chi connectivity index (χ0v) is 10.2. The number of nitrogens with two attached hydrogens (primary N) is 1. The summed E-state index contributed by atoms with van der Waals surface area (Å²) in [6.07, 6.45) is 3.17. The Morgan fingerprint density at radius 3 is 2.69 bits per heavy atom. The van der Waals surface area contributed by atoms with Crippen LogP contribution in [0.5, 0.6) is 5.75 Å². The number of methoxy groups -OCH3 is 1. The summed E-state index contributed by atoms with van der Waals surface area (Å²) < 4.78 is 6.06. The number of nitrogens with zero attached hydrogens (tertiary/aromatic N) is 2. The van der Waals surface area contributed by atoms with Crippen molar-refractivity contribution >= 4 is 21.7 Å². The van der Waals surface area contributed by atoms with Gasteiger partial charge < -0.3 is 10.5 Å². The minimum Gasteiger partial charge on any atom is -0.497 e. The van der Waals surface area contributed by atoms with Gasteiger partial charge in [0.25, 0.3) is 0 Å². The van der Waals surface area contributed by atoms with Gasteiger partial charge in [-0.25, -0.2) is 4.98 Å². The van der Waals surface area contributed by atoms with Crippen LogP contribution in [0.4, 0.5) is 5.82 Å². The first-order chi connectivity index (χ1) is 7.72. The third-order valence-corrected chi connectivity index (χ3v) is 2.85. The molecule has 0 fully saturated rings. The molecule has 0 saturated heterocycles. The minimum atomic E-state index is 0.399.